The predicted molar refractivity (Wildman–Crippen MR) is 76.2 cm³/mol. The molecule has 0 aliphatic rings. The second kappa shape index (κ2) is 7.31. The molecule has 0 saturated carbocycles. The monoisotopic (exact) mass is 286 g/mol. The van der Waals surface area contributed by atoms with Crippen LogP contribution in [-0.2, 0) is 4.84 Å². The van der Waals surface area contributed by atoms with Gasteiger partial charge in [0.15, 0.2) is 0 Å². The number of carbonyl (C=O) groups is 1. The highest BCUT2D eigenvalue weighted by atomic mass is 35.5. The van der Waals surface area contributed by atoms with E-state index in [-0.39, 0.29) is 6.03 Å². The fourth-order valence-electron chi connectivity index (χ4n) is 1.13. The zero-order valence-corrected chi connectivity index (χ0v) is 11.8. The quantitative estimate of drug-likeness (QED) is 0.510. The summed E-state index contributed by atoms with van der Waals surface area (Å²) in [7, 11) is 2.94. The van der Waals surface area contributed by atoms with Crippen LogP contribution in [0.2, 0.25) is 5.02 Å². The van der Waals surface area contributed by atoms with Crippen molar-refractivity contribution in [2.75, 3.05) is 25.2 Å². The lowest BCUT2D eigenvalue weighted by molar-refractivity contribution is -0.0598. The van der Waals surface area contributed by atoms with E-state index in [0.717, 1.165) is 15.7 Å². The topological polar surface area (TPSA) is 41.6 Å². The summed E-state index contributed by atoms with van der Waals surface area (Å²) >= 11 is 7.70. The molecule has 1 aromatic carbocycles. The van der Waals surface area contributed by atoms with Crippen LogP contribution in [0.4, 0.5) is 10.5 Å². The number of amides is 2. The Morgan fingerprint density at radius 1 is 1.67 bits per heavy atom. The van der Waals surface area contributed by atoms with Crippen LogP contribution >= 0.6 is 23.4 Å². The number of hydroxylamine groups is 2. The molecular weight excluding hydrogens is 272 g/mol. The lowest BCUT2D eigenvalue weighted by atomic mass is 10.3. The van der Waals surface area contributed by atoms with Gasteiger partial charge in [-0.25, -0.2) is 9.86 Å². The molecule has 0 radical (unpaired) electrons. The highest BCUT2D eigenvalue weighted by molar-refractivity contribution is 7.99. The maximum atomic E-state index is 11.5. The highest BCUT2D eigenvalue weighted by Gasteiger charge is 2.09. The average molecular weight is 287 g/mol. The van der Waals surface area contributed by atoms with Crippen LogP contribution in [0.1, 0.15) is 0 Å². The van der Waals surface area contributed by atoms with E-state index in [1.807, 2.05) is 12.1 Å². The van der Waals surface area contributed by atoms with E-state index < -0.39 is 0 Å². The molecule has 6 heteroatoms. The predicted octanol–water partition coefficient (Wildman–Crippen LogP) is 3.64. The van der Waals surface area contributed by atoms with Crippen molar-refractivity contribution in [3.05, 3.63) is 35.9 Å². The molecule has 0 unspecified atom stereocenters. The van der Waals surface area contributed by atoms with Crippen molar-refractivity contribution >= 4 is 35.1 Å². The fourth-order valence-corrected chi connectivity index (χ4v) is 2.13. The summed E-state index contributed by atoms with van der Waals surface area (Å²) in [6, 6.07) is 4.99. The number of thioether (sulfide) groups is 1. The van der Waals surface area contributed by atoms with Gasteiger partial charge < -0.3 is 5.32 Å². The zero-order valence-electron chi connectivity index (χ0n) is 10.3. The summed E-state index contributed by atoms with van der Waals surface area (Å²) in [5, 5.41) is 4.35. The number of urea groups is 1. The molecule has 0 saturated heterocycles. The van der Waals surface area contributed by atoms with E-state index in [0.29, 0.717) is 10.7 Å². The first-order chi connectivity index (χ1) is 8.58. The molecule has 2 amide bonds. The summed E-state index contributed by atoms with van der Waals surface area (Å²) < 4.78 is 0. The second-order valence-corrected chi connectivity index (χ2v) is 4.82. The molecule has 18 heavy (non-hydrogen) atoms. The van der Waals surface area contributed by atoms with Gasteiger partial charge in [0.1, 0.15) is 0 Å². The molecule has 1 rings (SSSR count). The van der Waals surface area contributed by atoms with Crippen LogP contribution in [0, 0.1) is 0 Å². The molecule has 0 aromatic heterocycles. The van der Waals surface area contributed by atoms with Crippen molar-refractivity contribution < 1.29 is 9.63 Å². The zero-order chi connectivity index (χ0) is 13.5. The maximum absolute atomic E-state index is 11.5. The number of hydrogen-bond donors (Lipinski definition) is 1. The Morgan fingerprint density at radius 3 is 2.94 bits per heavy atom. The number of halogens is 1. The molecule has 0 heterocycles. The smallest absolute Gasteiger partial charge is 0.306 e. The van der Waals surface area contributed by atoms with Crippen molar-refractivity contribution in [3.8, 4) is 0 Å². The van der Waals surface area contributed by atoms with Gasteiger partial charge in [-0.3, -0.25) is 4.84 Å². The van der Waals surface area contributed by atoms with Gasteiger partial charge in [0.05, 0.1) is 12.1 Å². The standard InChI is InChI=1S/C12H15ClN2O2S/c1-4-7-18-11-6-5-9(8-10(11)13)14-12(16)15(2)17-3/h4-6,8H,1,7H2,2-3H3,(H,14,16). The summed E-state index contributed by atoms with van der Waals surface area (Å²) in [5.74, 6) is 0.790. The number of hydrogen-bond acceptors (Lipinski definition) is 3. The van der Waals surface area contributed by atoms with E-state index in [4.69, 9.17) is 16.4 Å². The van der Waals surface area contributed by atoms with Gasteiger partial charge in [-0.15, -0.1) is 18.3 Å². The van der Waals surface area contributed by atoms with Gasteiger partial charge in [-0.2, -0.15) is 0 Å². The minimum Gasteiger partial charge on any atom is -0.306 e. The molecule has 4 nitrogen and oxygen atoms in total. The first kappa shape index (κ1) is 14.9. The van der Waals surface area contributed by atoms with Gasteiger partial charge in [-0.05, 0) is 18.2 Å². The van der Waals surface area contributed by atoms with Crippen LogP contribution < -0.4 is 5.32 Å². The lowest BCUT2D eigenvalue weighted by Gasteiger charge is -2.15. The van der Waals surface area contributed by atoms with Crippen molar-refractivity contribution in [1.29, 1.82) is 0 Å². The fraction of sp³-hybridized carbons (Fsp3) is 0.250. The number of benzene rings is 1. The van der Waals surface area contributed by atoms with Gasteiger partial charge in [-0.1, -0.05) is 17.7 Å². The molecular formula is C12H15ClN2O2S. The second-order valence-electron chi connectivity index (χ2n) is 3.36. The van der Waals surface area contributed by atoms with Crippen LogP contribution in [0.5, 0.6) is 0 Å². The van der Waals surface area contributed by atoms with E-state index in [1.54, 1.807) is 23.9 Å². The molecule has 1 aromatic rings. The summed E-state index contributed by atoms with van der Waals surface area (Å²) in [5.41, 5.74) is 0.622. The summed E-state index contributed by atoms with van der Waals surface area (Å²) in [6.07, 6.45) is 1.81. The molecule has 1 N–H and O–H groups in total. The third-order valence-electron chi connectivity index (χ3n) is 2.10. The Hall–Kier alpha value is -1.17. The van der Waals surface area contributed by atoms with Crippen LogP contribution in [0.3, 0.4) is 0 Å². The molecule has 0 spiro atoms. The van der Waals surface area contributed by atoms with Crippen molar-refractivity contribution in [1.82, 2.24) is 5.06 Å². The third-order valence-corrected chi connectivity index (χ3v) is 3.59. The average Bonchev–Trinajstić information content (AvgIpc) is 2.36. The van der Waals surface area contributed by atoms with Crippen LogP contribution in [0.15, 0.2) is 35.7 Å². The molecule has 0 aliphatic heterocycles. The Balaban J connectivity index is 2.72. The first-order valence-electron chi connectivity index (χ1n) is 5.20. The Morgan fingerprint density at radius 2 is 2.39 bits per heavy atom. The normalized spacial score (nSPS) is 9.94. The maximum Gasteiger partial charge on any atom is 0.345 e. The van der Waals surface area contributed by atoms with E-state index in [1.165, 1.54) is 14.2 Å². The van der Waals surface area contributed by atoms with Gasteiger partial charge in [0.2, 0.25) is 0 Å². The Bertz CT molecular complexity index is 440. The van der Waals surface area contributed by atoms with Crippen molar-refractivity contribution in [3.63, 3.8) is 0 Å². The van der Waals surface area contributed by atoms with Gasteiger partial charge in [0, 0.05) is 23.4 Å². The minimum absolute atomic E-state index is 0.361. The summed E-state index contributed by atoms with van der Waals surface area (Å²) in [6.45, 7) is 3.65. The first-order valence-corrected chi connectivity index (χ1v) is 6.57. The van der Waals surface area contributed by atoms with E-state index in [2.05, 4.69) is 11.9 Å². The molecule has 0 fully saturated rings. The minimum atomic E-state index is -0.361. The largest absolute Gasteiger partial charge is 0.345 e. The SMILES string of the molecule is C=CCSc1ccc(NC(=O)N(C)OC)cc1Cl. The Labute approximate surface area is 116 Å². The van der Waals surface area contributed by atoms with Crippen molar-refractivity contribution in [2.45, 2.75) is 4.90 Å². The number of rotatable bonds is 5. The lowest BCUT2D eigenvalue weighted by Crippen LogP contribution is -2.30. The number of nitrogens with one attached hydrogen (secondary N) is 1. The molecule has 0 bridgehead atoms. The van der Waals surface area contributed by atoms with Gasteiger partial charge in [0.25, 0.3) is 0 Å². The molecule has 98 valence electrons. The number of carbonyl (C=O) groups excluding carboxylic acids is 1. The molecule has 0 atom stereocenters. The summed E-state index contributed by atoms with van der Waals surface area (Å²) in [4.78, 5) is 17.3. The third kappa shape index (κ3) is 4.25. The van der Waals surface area contributed by atoms with Crippen molar-refractivity contribution in [2.24, 2.45) is 0 Å². The Kier molecular flexibility index (Phi) is 6.04. The van der Waals surface area contributed by atoms with Crippen LogP contribution in [0.25, 0.3) is 0 Å². The number of nitrogens with zero attached hydrogens (tertiary/aromatic N) is 1. The molecule has 0 aliphatic carbocycles. The van der Waals surface area contributed by atoms with E-state index >= 15 is 0 Å². The number of anilines is 1. The van der Waals surface area contributed by atoms with Gasteiger partial charge >= 0.3 is 6.03 Å². The van der Waals surface area contributed by atoms with E-state index in [9.17, 15) is 4.79 Å². The highest BCUT2D eigenvalue weighted by Crippen LogP contribution is 2.29. The van der Waals surface area contributed by atoms with Crippen LogP contribution in [-0.4, -0.2) is 31.0 Å².